The number of aryl methyl sites for hydroxylation is 2. The molecule has 2 N–H and O–H groups in total. The molecule has 0 saturated carbocycles. The molecule has 0 aliphatic carbocycles. The molecule has 0 aliphatic rings. The molecule has 0 radical (unpaired) electrons. The Hall–Kier alpha value is -4.84. The van der Waals surface area contributed by atoms with Gasteiger partial charge in [0.05, 0.1) is 13.2 Å². The Morgan fingerprint density at radius 1 is 0.577 bits per heavy atom. The average molecular weight is 777 g/mol. The lowest BCUT2D eigenvalue weighted by molar-refractivity contribution is -0.345. The fraction of sp³-hybridized carbons (Fsp3) is 0.294. The van der Waals surface area contributed by atoms with E-state index >= 15 is 35.1 Å². The van der Waals surface area contributed by atoms with Gasteiger partial charge in [0.2, 0.25) is 0 Å². The number of anilines is 2. The summed E-state index contributed by atoms with van der Waals surface area (Å²) in [4.78, 5) is 50.6. The van der Waals surface area contributed by atoms with Crippen molar-refractivity contribution in [2.24, 2.45) is 0 Å². The Morgan fingerprint density at radius 3 is 1.17 bits per heavy atom. The van der Waals surface area contributed by atoms with Crippen LogP contribution in [0.15, 0.2) is 59.3 Å². The predicted molar refractivity (Wildman–Crippen MR) is 178 cm³/mol. The Kier molecular flexibility index (Phi) is 11.5. The summed E-state index contributed by atoms with van der Waals surface area (Å²) in [6, 6.07) is 12.4. The number of halogens is 8. The molecular weight excluding hydrogens is 748 g/mol. The van der Waals surface area contributed by atoms with Gasteiger partial charge in [0.1, 0.15) is 21.1 Å². The first-order valence-electron chi connectivity index (χ1n) is 15.1. The smallest absolute Gasteiger partial charge is 0.393 e. The first kappa shape index (κ1) is 39.9. The molecule has 0 aliphatic heterocycles. The molecule has 0 atom stereocenters. The summed E-state index contributed by atoms with van der Waals surface area (Å²) < 4.78 is 130. The third-order valence-electron chi connectivity index (χ3n) is 7.47. The van der Waals surface area contributed by atoms with E-state index in [1.165, 1.54) is 48.7 Å². The van der Waals surface area contributed by atoms with Crippen molar-refractivity contribution in [3.8, 4) is 22.3 Å². The number of esters is 2. The quantitative estimate of drug-likeness (QED) is 0.104. The van der Waals surface area contributed by atoms with Gasteiger partial charge in [0, 0.05) is 21.9 Å². The van der Waals surface area contributed by atoms with Crippen molar-refractivity contribution < 1.29 is 63.8 Å². The summed E-state index contributed by atoms with van der Waals surface area (Å²) in [5, 5.41) is 3.18. The lowest BCUT2D eigenvalue weighted by Crippen LogP contribution is -2.67. The first-order valence-corrected chi connectivity index (χ1v) is 16.8. The molecule has 0 unspecified atom stereocenters. The number of thiophene rings is 2. The van der Waals surface area contributed by atoms with Gasteiger partial charge in [-0.2, -0.15) is 35.1 Å². The van der Waals surface area contributed by atoms with E-state index in [9.17, 15) is 19.2 Å². The number of carbonyl (C=O) groups is 4. The van der Waals surface area contributed by atoms with Gasteiger partial charge >= 0.3 is 47.4 Å². The van der Waals surface area contributed by atoms with Crippen LogP contribution < -0.4 is 10.6 Å². The van der Waals surface area contributed by atoms with Gasteiger partial charge < -0.3 is 20.1 Å². The minimum Gasteiger partial charge on any atom is -0.462 e. The Balaban J connectivity index is 1.65. The highest BCUT2D eigenvalue weighted by Crippen LogP contribution is 2.54. The summed E-state index contributed by atoms with van der Waals surface area (Å²) in [5.41, 5.74) is 0.925. The zero-order valence-electron chi connectivity index (χ0n) is 27.5. The van der Waals surface area contributed by atoms with Crippen molar-refractivity contribution in [2.45, 2.75) is 51.4 Å². The van der Waals surface area contributed by atoms with Crippen LogP contribution in [0.5, 0.6) is 0 Å². The molecule has 0 spiro atoms. The number of amides is 2. The van der Waals surface area contributed by atoms with Crippen molar-refractivity contribution in [1.82, 2.24) is 0 Å². The summed E-state index contributed by atoms with van der Waals surface area (Å²) in [7, 11) is 0. The van der Waals surface area contributed by atoms with Crippen LogP contribution >= 0.6 is 22.7 Å². The molecule has 2 heterocycles. The standard InChI is InChI=1S/C34H28F8N2O6S2/c1-5-49-27(45)23-21(19-11-7-17(3)8-12-19)15-51-25(23)43-29(47)31(35,36)33(39,40)34(41,42)32(37,38)30(48)44-26-24(28(46)50-6-2)22(16-52-26)20-13-9-18(4)10-14-20/h7-16H,5-6H2,1-4H3,(H,43,47)(H,44,48). The number of carbonyl (C=O) groups excluding carboxylic acids is 4. The van der Waals surface area contributed by atoms with Crippen LogP contribution in [0.3, 0.4) is 0 Å². The Morgan fingerprint density at radius 2 is 0.885 bits per heavy atom. The third-order valence-corrected chi connectivity index (χ3v) is 9.26. The second-order valence-electron chi connectivity index (χ2n) is 11.1. The summed E-state index contributed by atoms with van der Waals surface area (Å²) in [5.74, 6) is -36.5. The van der Waals surface area contributed by atoms with E-state index in [4.69, 9.17) is 9.47 Å². The molecule has 8 nitrogen and oxygen atoms in total. The van der Waals surface area contributed by atoms with E-state index < -0.39 is 68.6 Å². The van der Waals surface area contributed by atoms with E-state index in [2.05, 4.69) is 0 Å². The normalized spacial score (nSPS) is 12.3. The van der Waals surface area contributed by atoms with E-state index in [0.29, 0.717) is 33.8 Å². The van der Waals surface area contributed by atoms with Crippen LogP contribution in [0.1, 0.15) is 45.7 Å². The highest BCUT2D eigenvalue weighted by Gasteiger charge is 2.84. The number of alkyl halides is 8. The van der Waals surface area contributed by atoms with Crippen LogP contribution in [-0.4, -0.2) is 60.7 Å². The third kappa shape index (κ3) is 7.26. The molecule has 4 rings (SSSR count). The summed E-state index contributed by atoms with van der Waals surface area (Å²) >= 11 is 0.728. The van der Waals surface area contributed by atoms with Crippen LogP contribution in [0.25, 0.3) is 22.3 Å². The van der Waals surface area contributed by atoms with E-state index in [1.54, 1.807) is 38.1 Å². The van der Waals surface area contributed by atoms with Gasteiger partial charge in [-0.15, -0.1) is 22.7 Å². The molecule has 278 valence electrons. The monoisotopic (exact) mass is 776 g/mol. The second-order valence-corrected chi connectivity index (χ2v) is 12.8. The average Bonchev–Trinajstić information content (AvgIpc) is 3.69. The number of hydrogen-bond donors (Lipinski definition) is 2. The molecule has 2 aromatic carbocycles. The summed E-state index contributed by atoms with van der Waals surface area (Å²) in [6.07, 6.45) is 0. The minimum absolute atomic E-state index is 0.0105. The van der Waals surface area contributed by atoms with Crippen molar-refractivity contribution in [2.75, 3.05) is 23.8 Å². The second kappa shape index (κ2) is 15.0. The van der Waals surface area contributed by atoms with Gasteiger partial charge in [-0.3, -0.25) is 9.59 Å². The zero-order valence-corrected chi connectivity index (χ0v) is 29.1. The number of nitrogens with one attached hydrogen (secondary N) is 2. The van der Waals surface area contributed by atoms with Crippen molar-refractivity contribution in [3.05, 3.63) is 81.5 Å². The number of hydrogen-bond acceptors (Lipinski definition) is 8. The molecule has 2 amide bonds. The van der Waals surface area contributed by atoms with Crippen LogP contribution in [0.4, 0.5) is 45.1 Å². The number of benzene rings is 2. The van der Waals surface area contributed by atoms with Crippen LogP contribution in [0.2, 0.25) is 0 Å². The van der Waals surface area contributed by atoms with Crippen LogP contribution in [0, 0.1) is 13.8 Å². The molecule has 18 heteroatoms. The first-order chi connectivity index (χ1) is 24.2. The van der Waals surface area contributed by atoms with Crippen molar-refractivity contribution >= 4 is 56.4 Å². The highest BCUT2D eigenvalue weighted by atomic mass is 32.1. The number of ether oxygens (including phenoxy) is 2. The topological polar surface area (TPSA) is 111 Å². The Bertz CT molecular complexity index is 1830. The van der Waals surface area contributed by atoms with Gasteiger partial charge in [-0.25, -0.2) is 9.59 Å². The predicted octanol–water partition coefficient (Wildman–Crippen LogP) is 9.23. The van der Waals surface area contributed by atoms with Gasteiger partial charge in [0.25, 0.3) is 0 Å². The largest absolute Gasteiger partial charge is 0.462 e. The molecule has 4 aromatic rings. The highest BCUT2D eigenvalue weighted by molar-refractivity contribution is 7.15. The van der Waals surface area contributed by atoms with Crippen molar-refractivity contribution in [1.29, 1.82) is 0 Å². The van der Waals surface area contributed by atoms with E-state index in [1.807, 2.05) is 0 Å². The molecular formula is C34H28F8N2O6S2. The minimum atomic E-state index is -7.22. The van der Waals surface area contributed by atoms with Gasteiger partial charge in [-0.1, -0.05) is 59.7 Å². The molecule has 52 heavy (non-hydrogen) atoms. The van der Waals surface area contributed by atoms with E-state index in [0.717, 1.165) is 21.9 Å². The molecule has 0 bridgehead atoms. The molecule has 0 saturated heterocycles. The summed E-state index contributed by atoms with van der Waals surface area (Å²) in [6.45, 7) is 5.69. The van der Waals surface area contributed by atoms with Crippen LogP contribution in [-0.2, 0) is 19.1 Å². The molecule has 0 fully saturated rings. The lowest BCUT2D eigenvalue weighted by Gasteiger charge is -2.35. The Labute approximate surface area is 298 Å². The number of rotatable bonds is 13. The fourth-order valence-corrected chi connectivity index (χ4v) is 6.55. The van der Waals surface area contributed by atoms with Gasteiger partial charge in [-0.05, 0) is 38.8 Å². The van der Waals surface area contributed by atoms with Crippen molar-refractivity contribution in [3.63, 3.8) is 0 Å². The lowest BCUT2D eigenvalue weighted by atomic mass is 9.97. The maximum absolute atomic E-state index is 15.0. The van der Waals surface area contributed by atoms with Gasteiger partial charge in [0.15, 0.2) is 0 Å². The maximum atomic E-state index is 15.0. The fourth-order valence-electron chi connectivity index (χ4n) is 4.65. The molecule has 2 aromatic heterocycles. The SMILES string of the molecule is CCOC(=O)c1c(-c2ccc(C)cc2)csc1NC(=O)C(F)(F)C(F)(F)C(F)(F)C(F)(F)C(=O)Nc1scc(-c2ccc(C)cc2)c1C(=O)OCC. The zero-order chi connectivity index (χ0) is 38.8. The van der Waals surface area contributed by atoms with E-state index in [-0.39, 0.29) is 24.3 Å². The maximum Gasteiger partial charge on any atom is 0.393 e.